The third-order valence-corrected chi connectivity index (χ3v) is 4.81. The van der Waals surface area contributed by atoms with Crippen molar-refractivity contribution in [3.05, 3.63) is 64.7 Å². The fourth-order valence-electron chi connectivity index (χ4n) is 3.26. The van der Waals surface area contributed by atoms with E-state index >= 15 is 0 Å². The molecule has 1 N–H and O–H groups in total. The van der Waals surface area contributed by atoms with Gasteiger partial charge in [-0.2, -0.15) is 8.78 Å². The number of halogens is 2. The normalized spacial score (nSPS) is 13.0. The maximum Gasteiger partial charge on any atom is 0.387 e. The number of methoxy groups -OCH3 is 1. The van der Waals surface area contributed by atoms with Gasteiger partial charge in [-0.05, 0) is 48.7 Å². The van der Waals surface area contributed by atoms with Crippen molar-refractivity contribution in [3.8, 4) is 5.75 Å². The van der Waals surface area contributed by atoms with Gasteiger partial charge in [0.05, 0.1) is 11.1 Å². The van der Waals surface area contributed by atoms with Crippen LogP contribution in [0.15, 0.2) is 42.5 Å². The number of carbonyl (C=O) groups is 3. The van der Waals surface area contributed by atoms with Gasteiger partial charge in [-0.1, -0.05) is 12.1 Å². The van der Waals surface area contributed by atoms with Crippen molar-refractivity contribution in [2.45, 2.75) is 19.5 Å². The van der Waals surface area contributed by atoms with Crippen LogP contribution < -0.4 is 10.1 Å². The Morgan fingerprint density at radius 1 is 1.06 bits per heavy atom. The number of rotatable bonds is 10. The summed E-state index contributed by atoms with van der Waals surface area (Å²) in [6, 6.07) is 10.6. The summed E-state index contributed by atoms with van der Waals surface area (Å²) in [5.74, 6) is -1.10. The van der Waals surface area contributed by atoms with Crippen LogP contribution in [0.5, 0.6) is 5.75 Å². The highest BCUT2D eigenvalue weighted by atomic mass is 19.3. The highest BCUT2D eigenvalue weighted by Crippen LogP contribution is 2.24. The standard InChI is InChI=1S/C22H22F2N2O5/c1-30-12-2-11-26-20(28)17-8-5-15(13-18(17)21(26)29)19(27)25-10-9-14-3-6-16(7-4-14)31-22(23)24/h3-8,13,22H,2,9-12H2,1H3,(H,25,27). The second kappa shape index (κ2) is 10.1. The van der Waals surface area contributed by atoms with Gasteiger partial charge in [0.2, 0.25) is 0 Å². The second-order valence-electron chi connectivity index (χ2n) is 6.90. The quantitative estimate of drug-likeness (QED) is 0.461. The zero-order valence-corrected chi connectivity index (χ0v) is 16.9. The lowest BCUT2D eigenvalue weighted by Gasteiger charge is -2.12. The number of hydrogen-bond acceptors (Lipinski definition) is 5. The Morgan fingerprint density at radius 2 is 1.77 bits per heavy atom. The van der Waals surface area contributed by atoms with Crippen LogP contribution in [0, 0.1) is 0 Å². The van der Waals surface area contributed by atoms with Gasteiger partial charge in [0.25, 0.3) is 17.7 Å². The van der Waals surface area contributed by atoms with Crippen LogP contribution in [0.25, 0.3) is 0 Å². The van der Waals surface area contributed by atoms with Gasteiger partial charge in [0.15, 0.2) is 0 Å². The van der Waals surface area contributed by atoms with E-state index in [1.165, 1.54) is 30.3 Å². The van der Waals surface area contributed by atoms with Crippen molar-refractivity contribution in [1.82, 2.24) is 10.2 Å². The molecule has 0 saturated carbocycles. The maximum atomic E-state index is 12.5. The highest BCUT2D eigenvalue weighted by molar-refractivity contribution is 6.22. The number of ether oxygens (including phenoxy) is 2. The SMILES string of the molecule is COCCCN1C(=O)c2ccc(C(=O)NCCc3ccc(OC(F)F)cc3)cc2C1=O. The van der Waals surface area contributed by atoms with Crippen LogP contribution in [0.2, 0.25) is 0 Å². The van der Waals surface area contributed by atoms with E-state index in [1.807, 2.05) is 0 Å². The van der Waals surface area contributed by atoms with E-state index in [-0.39, 0.29) is 40.8 Å². The monoisotopic (exact) mass is 432 g/mol. The Kier molecular flexibility index (Phi) is 7.30. The van der Waals surface area contributed by atoms with Crippen molar-refractivity contribution in [3.63, 3.8) is 0 Å². The molecule has 7 nitrogen and oxygen atoms in total. The summed E-state index contributed by atoms with van der Waals surface area (Å²) in [5.41, 5.74) is 1.61. The molecule has 3 rings (SSSR count). The zero-order chi connectivity index (χ0) is 22.4. The van der Waals surface area contributed by atoms with Crippen LogP contribution in [-0.4, -0.2) is 56.0 Å². The summed E-state index contributed by atoms with van der Waals surface area (Å²) in [5, 5.41) is 2.75. The summed E-state index contributed by atoms with van der Waals surface area (Å²) in [7, 11) is 1.55. The number of amides is 3. The molecular formula is C22H22F2N2O5. The molecule has 0 spiro atoms. The van der Waals surface area contributed by atoms with E-state index in [9.17, 15) is 23.2 Å². The van der Waals surface area contributed by atoms with E-state index in [1.54, 1.807) is 19.2 Å². The fourth-order valence-corrected chi connectivity index (χ4v) is 3.26. The Morgan fingerprint density at radius 3 is 2.45 bits per heavy atom. The van der Waals surface area contributed by atoms with Crippen LogP contribution in [0.3, 0.4) is 0 Å². The summed E-state index contributed by atoms with van der Waals surface area (Å²) < 4.78 is 33.6. The Hall–Kier alpha value is -3.33. The van der Waals surface area contributed by atoms with E-state index in [4.69, 9.17) is 4.74 Å². The van der Waals surface area contributed by atoms with Gasteiger partial charge in [-0.3, -0.25) is 19.3 Å². The number of nitrogens with zero attached hydrogens (tertiary/aromatic N) is 1. The predicted octanol–water partition coefficient (Wildman–Crippen LogP) is 2.89. The summed E-state index contributed by atoms with van der Waals surface area (Å²) >= 11 is 0. The first-order chi connectivity index (χ1) is 14.9. The average Bonchev–Trinajstić information content (AvgIpc) is 2.99. The van der Waals surface area contributed by atoms with E-state index in [2.05, 4.69) is 10.1 Å². The van der Waals surface area contributed by atoms with Crippen molar-refractivity contribution in [1.29, 1.82) is 0 Å². The molecule has 1 aliphatic rings. The van der Waals surface area contributed by atoms with Gasteiger partial charge in [0.1, 0.15) is 5.75 Å². The van der Waals surface area contributed by atoms with Crippen molar-refractivity contribution < 1.29 is 32.6 Å². The number of imide groups is 1. The van der Waals surface area contributed by atoms with Crippen LogP contribution in [-0.2, 0) is 11.2 Å². The van der Waals surface area contributed by atoms with Crippen LogP contribution >= 0.6 is 0 Å². The molecule has 1 heterocycles. The molecule has 0 atom stereocenters. The van der Waals surface area contributed by atoms with Crippen molar-refractivity contribution >= 4 is 17.7 Å². The number of benzene rings is 2. The zero-order valence-electron chi connectivity index (χ0n) is 16.9. The molecule has 3 amide bonds. The number of alkyl halides is 2. The van der Waals surface area contributed by atoms with Gasteiger partial charge < -0.3 is 14.8 Å². The topological polar surface area (TPSA) is 84.9 Å². The summed E-state index contributed by atoms with van der Waals surface area (Å²) in [6.45, 7) is -1.88. The van der Waals surface area contributed by atoms with Crippen molar-refractivity contribution in [2.24, 2.45) is 0 Å². The van der Waals surface area contributed by atoms with Crippen molar-refractivity contribution in [2.75, 3.05) is 26.8 Å². The lowest BCUT2D eigenvalue weighted by atomic mass is 10.1. The minimum atomic E-state index is -2.88. The average molecular weight is 432 g/mol. The molecule has 2 aromatic rings. The smallest absolute Gasteiger partial charge is 0.387 e. The Balaban J connectivity index is 1.56. The summed E-state index contributed by atoms with van der Waals surface area (Å²) in [4.78, 5) is 38.6. The molecule has 0 radical (unpaired) electrons. The molecule has 31 heavy (non-hydrogen) atoms. The minimum absolute atomic E-state index is 0.0661. The molecule has 164 valence electrons. The molecule has 2 aromatic carbocycles. The molecule has 0 bridgehead atoms. The first-order valence-electron chi connectivity index (χ1n) is 9.72. The molecular weight excluding hydrogens is 410 g/mol. The predicted molar refractivity (Wildman–Crippen MR) is 107 cm³/mol. The molecule has 0 aromatic heterocycles. The number of carbonyl (C=O) groups excluding carboxylic acids is 3. The molecule has 0 unspecified atom stereocenters. The third-order valence-electron chi connectivity index (χ3n) is 4.81. The largest absolute Gasteiger partial charge is 0.435 e. The summed E-state index contributed by atoms with van der Waals surface area (Å²) in [6.07, 6.45) is 1.01. The lowest BCUT2D eigenvalue weighted by Crippen LogP contribution is -2.31. The number of fused-ring (bicyclic) bond motifs is 1. The number of nitrogens with one attached hydrogen (secondary N) is 1. The lowest BCUT2D eigenvalue weighted by molar-refractivity contribution is -0.0498. The van der Waals surface area contributed by atoms with Gasteiger partial charge in [-0.25, -0.2) is 0 Å². The Bertz CT molecular complexity index is 963. The van der Waals surface area contributed by atoms with Crippen LogP contribution in [0.1, 0.15) is 43.1 Å². The highest BCUT2D eigenvalue weighted by Gasteiger charge is 2.35. The van der Waals surface area contributed by atoms with Gasteiger partial charge in [-0.15, -0.1) is 0 Å². The van der Waals surface area contributed by atoms with Gasteiger partial charge >= 0.3 is 6.61 Å². The third kappa shape index (κ3) is 5.43. The van der Waals surface area contributed by atoms with E-state index < -0.39 is 12.5 Å². The molecule has 0 saturated heterocycles. The molecule has 0 aliphatic carbocycles. The molecule has 0 fully saturated rings. The Labute approximate surface area is 177 Å². The van der Waals surface area contributed by atoms with E-state index in [0.29, 0.717) is 26.0 Å². The maximum absolute atomic E-state index is 12.5. The number of hydrogen-bond donors (Lipinski definition) is 1. The fraction of sp³-hybridized carbons (Fsp3) is 0.318. The van der Waals surface area contributed by atoms with Crippen LogP contribution in [0.4, 0.5) is 8.78 Å². The molecule has 1 aliphatic heterocycles. The first-order valence-corrected chi connectivity index (χ1v) is 9.72. The van der Waals surface area contributed by atoms with E-state index in [0.717, 1.165) is 10.5 Å². The first kappa shape index (κ1) is 22.4. The molecule has 9 heteroatoms. The minimum Gasteiger partial charge on any atom is -0.435 e. The second-order valence-corrected chi connectivity index (χ2v) is 6.90. The van der Waals surface area contributed by atoms with Gasteiger partial charge in [0, 0.05) is 32.4 Å².